The van der Waals surface area contributed by atoms with Gasteiger partial charge >= 0.3 is 0 Å². The van der Waals surface area contributed by atoms with Crippen molar-refractivity contribution < 1.29 is 9.53 Å². The minimum Gasteiger partial charge on any atom is -0.379 e. The minimum absolute atomic E-state index is 0.126. The second kappa shape index (κ2) is 8.92. The van der Waals surface area contributed by atoms with Crippen LogP contribution in [0.25, 0.3) is 0 Å². The summed E-state index contributed by atoms with van der Waals surface area (Å²) in [5.41, 5.74) is 1.09. The smallest absolute Gasteiger partial charge is 0.246 e. The van der Waals surface area contributed by atoms with Crippen molar-refractivity contribution in [2.24, 2.45) is 0 Å². The highest BCUT2D eigenvalue weighted by Gasteiger charge is 2.19. The average Bonchev–Trinajstić information content (AvgIpc) is 2.64. The van der Waals surface area contributed by atoms with Gasteiger partial charge in [0.25, 0.3) is 0 Å². The molecule has 3 heterocycles. The van der Waals surface area contributed by atoms with Crippen molar-refractivity contribution in [3.05, 3.63) is 42.2 Å². The highest BCUT2D eigenvalue weighted by molar-refractivity contribution is 5.87. The molecule has 6 nitrogen and oxygen atoms in total. The van der Waals surface area contributed by atoms with Crippen LogP contribution in [0.15, 0.2) is 36.5 Å². The van der Waals surface area contributed by atoms with E-state index in [1.807, 2.05) is 35.4 Å². The van der Waals surface area contributed by atoms with Crippen molar-refractivity contribution in [1.29, 1.82) is 0 Å². The van der Waals surface area contributed by atoms with E-state index >= 15 is 0 Å². The van der Waals surface area contributed by atoms with Gasteiger partial charge in [0, 0.05) is 64.6 Å². The standard InChI is InChI=1S/C18H26N4O2/c23-18(5-3-7-20-12-14-24-15-13-20)22-10-8-21(9-11-22)16-17-4-1-2-6-19-17/h1-6H,7-16H2/b5-3+. The van der Waals surface area contributed by atoms with Crippen LogP contribution >= 0.6 is 0 Å². The minimum atomic E-state index is 0.126. The Hall–Kier alpha value is -1.76. The molecule has 3 rings (SSSR count). The molecule has 0 N–H and O–H groups in total. The van der Waals surface area contributed by atoms with Crippen molar-refractivity contribution >= 4 is 5.91 Å². The summed E-state index contributed by atoms with van der Waals surface area (Å²) >= 11 is 0. The maximum Gasteiger partial charge on any atom is 0.246 e. The zero-order valence-corrected chi connectivity index (χ0v) is 14.1. The van der Waals surface area contributed by atoms with Crippen LogP contribution in [0, 0.1) is 0 Å². The highest BCUT2D eigenvalue weighted by atomic mass is 16.5. The largest absolute Gasteiger partial charge is 0.379 e. The van der Waals surface area contributed by atoms with Gasteiger partial charge in [-0.15, -0.1) is 0 Å². The Balaban J connectivity index is 1.38. The fourth-order valence-corrected chi connectivity index (χ4v) is 3.04. The first-order valence-corrected chi connectivity index (χ1v) is 8.69. The van der Waals surface area contributed by atoms with Crippen molar-refractivity contribution in [2.75, 3.05) is 59.0 Å². The second-order valence-electron chi connectivity index (χ2n) is 6.24. The first-order valence-electron chi connectivity index (χ1n) is 8.69. The van der Waals surface area contributed by atoms with Crippen molar-refractivity contribution in [1.82, 2.24) is 19.7 Å². The first kappa shape index (κ1) is 17.1. The van der Waals surface area contributed by atoms with Gasteiger partial charge in [0.1, 0.15) is 0 Å². The van der Waals surface area contributed by atoms with E-state index < -0.39 is 0 Å². The molecule has 0 atom stereocenters. The van der Waals surface area contributed by atoms with Crippen LogP contribution in [-0.4, -0.2) is 84.6 Å². The second-order valence-corrected chi connectivity index (χ2v) is 6.24. The van der Waals surface area contributed by atoms with Gasteiger partial charge in [-0.25, -0.2) is 0 Å². The number of piperazine rings is 1. The number of hydrogen-bond acceptors (Lipinski definition) is 5. The molecule has 0 aromatic carbocycles. The predicted molar refractivity (Wildman–Crippen MR) is 92.5 cm³/mol. The number of aromatic nitrogens is 1. The van der Waals surface area contributed by atoms with Gasteiger partial charge in [-0.3, -0.25) is 19.6 Å². The molecule has 24 heavy (non-hydrogen) atoms. The van der Waals surface area contributed by atoms with Crippen LogP contribution in [0.1, 0.15) is 5.69 Å². The summed E-state index contributed by atoms with van der Waals surface area (Å²) in [5.74, 6) is 0.126. The predicted octanol–water partition coefficient (Wildman–Crippen LogP) is 0.614. The Morgan fingerprint density at radius 1 is 1.08 bits per heavy atom. The molecule has 0 radical (unpaired) electrons. The molecule has 1 aromatic heterocycles. The van der Waals surface area contributed by atoms with Gasteiger partial charge in [-0.05, 0) is 12.1 Å². The molecular formula is C18H26N4O2. The summed E-state index contributed by atoms with van der Waals surface area (Å²) in [7, 11) is 0. The molecule has 130 valence electrons. The van der Waals surface area contributed by atoms with E-state index in [1.165, 1.54) is 0 Å². The summed E-state index contributed by atoms with van der Waals surface area (Å²) in [4.78, 5) is 23.2. The van der Waals surface area contributed by atoms with Gasteiger partial charge in [-0.2, -0.15) is 0 Å². The molecule has 6 heteroatoms. The van der Waals surface area contributed by atoms with Gasteiger partial charge in [-0.1, -0.05) is 12.1 Å². The fourth-order valence-electron chi connectivity index (χ4n) is 3.04. The zero-order valence-electron chi connectivity index (χ0n) is 14.1. The number of rotatable bonds is 5. The Labute approximate surface area is 143 Å². The molecule has 0 bridgehead atoms. The molecule has 0 spiro atoms. The van der Waals surface area contributed by atoms with E-state index in [9.17, 15) is 4.79 Å². The monoisotopic (exact) mass is 330 g/mol. The average molecular weight is 330 g/mol. The zero-order chi connectivity index (χ0) is 16.6. The molecule has 0 unspecified atom stereocenters. The van der Waals surface area contributed by atoms with E-state index in [1.54, 1.807) is 6.08 Å². The third-order valence-corrected chi connectivity index (χ3v) is 4.52. The maximum atomic E-state index is 12.3. The lowest BCUT2D eigenvalue weighted by atomic mass is 10.2. The summed E-state index contributed by atoms with van der Waals surface area (Å²) < 4.78 is 5.32. The molecule has 0 saturated carbocycles. The molecule has 2 saturated heterocycles. The Bertz CT molecular complexity index is 535. The first-order chi connectivity index (χ1) is 11.8. The van der Waals surface area contributed by atoms with Gasteiger partial charge in [0.05, 0.1) is 18.9 Å². The summed E-state index contributed by atoms with van der Waals surface area (Å²) in [6, 6.07) is 6.00. The van der Waals surface area contributed by atoms with Gasteiger partial charge < -0.3 is 9.64 Å². The van der Waals surface area contributed by atoms with E-state index in [0.29, 0.717) is 0 Å². The van der Waals surface area contributed by atoms with Crippen molar-refractivity contribution in [3.63, 3.8) is 0 Å². The van der Waals surface area contributed by atoms with Crippen molar-refractivity contribution in [3.8, 4) is 0 Å². The lowest BCUT2D eigenvalue weighted by Gasteiger charge is -2.34. The SMILES string of the molecule is O=C(/C=C/CN1CCOCC1)N1CCN(Cc2ccccn2)CC1. The number of nitrogens with zero attached hydrogens (tertiary/aromatic N) is 4. The van der Waals surface area contributed by atoms with E-state index in [0.717, 1.165) is 71.3 Å². The Morgan fingerprint density at radius 2 is 1.88 bits per heavy atom. The maximum absolute atomic E-state index is 12.3. The highest BCUT2D eigenvalue weighted by Crippen LogP contribution is 2.07. The molecular weight excluding hydrogens is 304 g/mol. The lowest BCUT2D eigenvalue weighted by Crippen LogP contribution is -2.47. The Kier molecular flexibility index (Phi) is 6.34. The van der Waals surface area contributed by atoms with Crippen LogP contribution in [0.5, 0.6) is 0 Å². The molecule has 1 amide bonds. The quantitative estimate of drug-likeness (QED) is 0.741. The van der Waals surface area contributed by atoms with Crippen LogP contribution in [-0.2, 0) is 16.1 Å². The van der Waals surface area contributed by atoms with E-state index in [-0.39, 0.29) is 5.91 Å². The number of amides is 1. The fraction of sp³-hybridized carbons (Fsp3) is 0.556. The number of pyridine rings is 1. The molecule has 1 aromatic rings. The van der Waals surface area contributed by atoms with E-state index in [4.69, 9.17) is 4.74 Å². The normalized spacial score (nSPS) is 20.6. The number of ether oxygens (including phenoxy) is 1. The number of carbonyl (C=O) groups excluding carboxylic acids is 1. The summed E-state index contributed by atoms with van der Waals surface area (Å²) in [6.07, 6.45) is 5.53. The Morgan fingerprint density at radius 3 is 2.58 bits per heavy atom. The summed E-state index contributed by atoms with van der Waals surface area (Å²) in [5, 5.41) is 0. The topological polar surface area (TPSA) is 48.9 Å². The third-order valence-electron chi connectivity index (χ3n) is 4.52. The third kappa shape index (κ3) is 5.12. The number of morpholine rings is 1. The van der Waals surface area contributed by atoms with Crippen molar-refractivity contribution in [2.45, 2.75) is 6.54 Å². The molecule has 2 aliphatic rings. The molecule has 2 fully saturated rings. The van der Waals surface area contributed by atoms with Crippen LogP contribution < -0.4 is 0 Å². The number of carbonyl (C=O) groups is 1. The van der Waals surface area contributed by atoms with Gasteiger partial charge in [0.2, 0.25) is 5.91 Å². The van der Waals surface area contributed by atoms with Crippen LogP contribution in [0.3, 0.4) is 0 Å². The molecule has 2 aliphatic heterocycles. The molecule has 0 aliphatic carbocycles. The lowest BCUT2D eigenvalue weighted by molar-refractivity contribution is -0.127. The number of hydrogen-bond donors (Lipinski definition) is 0. The van der Waals surface area contributed by atoms with Crippen LogP contribution in [0.2, 0.25) is 0 Å². The van der Waals surface area contributed by atoms with E-state index in [2.05, 4.69) is 14.8 Å². The van der Waals surface area contributed by atoms with Gasteiger partial charge in [0.15, 0.2) is 0 Å². The van der Waals surface area contributed by atoms with Crippen LogP contribution in [0.4, 0.5) is 0 Å². The summed E-state index contributed by atoms with van der Waals surface area (Å²) in [6.45, 7) is 8.54.